The normalized spacial score (nSPS) is 21.9. The van der Waals surface area contributed by atoms with E-state index in [0.717, 1.165) is 32.8 Å². The van der Waals surface area contributed by atoms with Crippen molar-refractivity contribution >= 4 is 15.6 Å². The van der Waals surface area contributed by atoms with Gasteiger partial charge >= 0.3 is 79.1 Å². The van der Waals surface area contributed by atoms with E-state index in [1.54, 1.807) is 0 Å². The van der Waals surface area contributed by atoms with E-state index in [0.29, 0.717) is 0 Å². The number of ether oxygens (including phenoxy) is 1. The summed E-state index contributed by atoms with van der Waals surface area (Å²) in [5.74, 6) is 0. The SMILES string of the molecule is CN(C)C[C+2]N1CCOCC1.F[P-](F)(F)(F)(F)F.F[P-](F)(F)(F)(F)F. The summed E-state index contributed by atoms with van der Waals surface area (Å²) in [5.41, 5.74) is 0. The number of nitrogens with zero attached hydrogens (tertiary/aromatic N) is 2. The van der Waals surface area contributed by atoms with Crippen LogP contribution in [-0.4, -0.2) is 56.7 Å². The fourth-order valence-electron chi connectivity index (χ4n) is 0.963. The van der Waals surface area contributed by atoms with Crippen LogP contribution in [0.25, 0.3) is 0 Å². The predicted octanol–water partition coefficient (Wildman–Crippen LogP) is 6.68. The van der Waals surface area contributed by atoms with Crippen LogP contribution in [0.1, 0.15) is 0 Å². The van der Waals surface area contributed by atoms with Crippen molar-refractivity contribution < 1.29 is 55.1 Å². The fraction of sp³-hybridized carbons (Fsp3) is 0.875. The molecule has 1 heterocycles. The molecule has 0 saturated carbocycles. The van der Waals surface area contributed by atoms with Crippen LogP contribution in [0.4, 0.5) is 50.4 Å². The zero-order chi connectivity index (χ0) is 20.9. The molecule has 0 bridgehead atoms. The van der Waals surface area contributed by atoms with Crippen molar-refractivity contribution in [2.45, 2.75) is 0 Å². The Morgan fingerprint density at radius 3 is 1.28 bits per heavy atom. The van der Waals surface area contributed by atoms with Gasteiger partial charge in [-0.3, -0.25) is 0 Å². The molecule has 0 unspecified atom stereocenters. The van der Waals surface area contributed by atoms with Crippen molar-refractivity contribution in [2.24, 2.45) is 0 Å². The maximum atomic E-state index is 9.87. The summed E-state index contributed by atoms with van der Waals surface area (Å²) in [4.78, 5) is 4.30. The van der Waals surface area contributed by atoms with Crippen LogP contribution >= 0.6 is 15.6 Å². The second-order valence-corrected chi connectivity index (χ2v) is 8.75. The van der Waals surface area contributed by atoms with Crippen molar-refractivity contribution in [1.82, 2.24) is 9.80 Å². The van der Waals surface area contributed by atoms with Crippen molar-refractivity contribution in [2.75, 3.05) is 46.9 Å². The molecule has 0 spiro atoms. The second kappa shape index (κ2) is 6.69. The average Bonchev–Trinajstić information content (AvgIpc) is 2.19. The summed E-state index contributed by atoms with van der Waals surface area (Å²) >= 11 is 0. The number of rotatable bonds is 3. The third kappa shape index (κ3) is 69.2. The van der Waals surface area contributed by atoms with Crippen molar-refractivity contribution in [1.29, 1.82) is 0 Å². The van der Waals surface area contributed by atoms with Gasteiger partial charge in [-0.1, -0.05) is 0 Å². The Kier molecular flexibility index (Phi) is 7.20. The van der Waals surface area contributed by atoms with Crippen LogP contribution in [0.2, 0.25) is 0 Å². The molecule has 1 aliphatic heterocycles. The summed E-state index contributed by atoms with van der Waals surface area (Å²) in [6, 6.07) is 0. The number of morpholine rings is 1. The number of likely N-dealkylation sites (N-methyl/N-ethyl adjacent to an activating group) is 1. The summed E-state index contributed by atoms with van der Waals surface area (Å²) in [6.45, 7) is 7.89. The first-order valence-electron chi connectivity index (χ1n) is 6.03. The molecule has 0 aliphatic carbocycles. The molecule has 0 amide bonds. The third-order valence-corrected chi connectivity index (χ3v) is 1.62. The molecular weight excluding hydrogens is 430 g/mol. The maximum absolute atomic E-state index is 10.7. The fourth-order valence-corrected chi connectivity index (χ4v) is 0.963. The van der Waals surface area contributed by atoms with Gasteiger partial charge in [0.2, 0.25) is 0 Å². The zero-order valence-corrected chi connectivity index (χ0v) is 14.6. The van der Waals surface area contributed by atoms with Gasteiger partial charge in [0, 0.05) is 0 Å². The van der Waals surface area contributed by atoms with E-state index in [4.69, 9.17) is 4.74 Å². The molecule has 0 atom stereocenters. The van der Waals surface area contributed by atoms with E-state index in [2.05, 4.69) is 16.3 Å². The molecular formula is C8H16F12N2OP2. The van der Waals surface area contributed by atoms with E-state index in [-0.39, 0.29) is 0 Å². The van der Waals surface area contributed by atoms with Gasteiger partial charge in [-0.15, -0.1) is 0 Å². The van der Waals surface area contributed by atoms with Crippen molar-refractivity contribution in [3.8, 4) is 0 Å². The minimum atomic E-state index is -10.7. The van der Waals surface area contributed by atoms with Gasteiger partial charge < -0.3 is 4.74 Å². The third-order valence-electron chi connectivity index (χ3n) is 1.62. The molecule has 3 nitrogen and oxygen atoms in total. The average molecular weight is 446 g/mol. The molecule has 0 N–H and O–H groups in total. The van der Waals surface area contributed by atoms with Gasteiger partial charge in [0.25, 0.3) is 0 Å². The van der Waals surface area contributed by atoms with E-state index in [9.17, 15) is 50.4 Å². The Labute approximate surface area is 135 Å². The topological polar surface area (TPSA) is 15.7 Å². The van der Waals surface area contributed by atoms with Crippen LogP contribution in [0.5, 0.6) is 0 Å². The Bertz CT molecular complexity index is 357. The standard InChI is InChI=1S/C8H16N2O.2F6P/c1-9(2)3-4-10-5-7-11-8-6-10;2*1-7(2,3,4,5)6/h3,5-8H2,1-2H3;;/q+2;2*-1. The van der Waals surface area contributed by atoms with Gasteiger partial charge in [0.05, 0.1) is 13.2 Å². The van der Waals surface area contributed by atoms with Crippen LogP contribution in [0, 0.1) is 6.54 Å². The van der Waals surface area contributed by atoms with Crippen molar-refractivity contribution in [3.05, 3.63) is 6.54 Å². The molecule has 0 radical (unpaired) electrons. The molecule has 0 aromatic carbocycles. The molecule has 1 saturated heterocycles. The number of hydrogen-bond acceptors (Lipinski definition) is 3. The molecule has 25 heavy (non-hydrogen) atoms. The molecule has 17 heteroatoms. The van der Waals surface area contributed by atoms with Crippen LogP contribution in [0.3, 0.4) is 0 Å². The summed E-state index contributed by atoms with van der Waals surface area (Å²) in [5, 5.41) is 0. The van der Waals surface area contributed by atoms with Crippen molar-refractivity contribution in [3.63, 3.8) is 0 Å². The molecule has 1 rings (SSSR count). The van der Waals surface area contributed by atoms with Gasteiger partial charge in [-0.05, 0) is 14.1 Å². The van der Waals surface area contributed by atoms with E-state index in [1.165, 1.54) is 0 Å². The molecule has 1 fully saturated rings. The minimum absolute atomic E-state index is 0.848. The van der Waals surface area contributed by atoms with E-state index in [1.807, 2.05) is 14.1 Å². The second-order valence-electron chi connectivity index (χ2n) is 4.91. The first-order chi connectivity index (χ1) is 10.2. The number of hydrogen-bond donors (Lipinski definition) is 0. The first kappa shape index (κ1) is 26.9. The summed E-state index contributed by atoms with van der Waals surface area (Å²) in [6.07, 6.45) is 0. The summed E-state index contributed by atoms with van der Waals surface area (Å²) < 4.78 is 124. The van der Waals surface area contributed by atoms with Gasteiger partial charge in [-0.2, -0.15) is 0 Å². The predicted molar refractivity (Wildman–Crippen MR) is 71.3 cm³/mol. The Hall–Kier alpha value is -0.320. The molecule has 1 aliphatic rings. The molecule has 0 aromatic rings. The molecule has 158 valence electrons. The summed E-state index contributed by atoms with van der Waals surface area (Å²) in [7, 11) is -17.2. The Balaban J connectivity index is 0. The van der Waals surface area contributed by atoms with Crippen LogP contribution in [0.15, 0.2) is 0 Å². The zero-order valence-electron chi connectivity index (χ0n) is 12.8. The van der Waals surface area contributed by atoms with Gasteiger partial charge in [0.1, 0.15) is 18.0 Å². The quantitative estimate of drug-likeness (QED) is 0.355. The van der Waals surface area contributed by atoms with E-state index < -0.39 is 15.6 Å². The number of halogens is 12. The molecule has 0 aromatic heterocycles. The Morgan fingerprint density at radius 2 is 1.04 bits per heavy atom. The van der Waals surface area contributed by atoms with Crippen LogP contribution < -0.4 is 0 Å². The van der Waals surface area contributed by atoms with Gasteiger partial charge in [0.15, 0.2) is 0 Å². The monoisotopic (exact) mass is 446 g/mol. The van der Waals surface area contributed by atoms with Gasteiger partial charge in [-0.25, -0.2) is 4.90 Å². The first-order valence-corrected chi connectivity index (χ1v) is 10.1. The van der Waals surface area contributed by atoms with Crippen LogP contribution in [-0.2, 0) is 4.74 Å². The van der Waals surface area contributed by atoms with E-state index >= 15 is 0 Å². The Morgan fingerprint density at radius 1 is 0.760 bits per heavy atom.